The van der Waals surface area contributed by atoms with E-state index >= 15 is 0 Å². The van der Waals surface area contributed by atoms with Crippen LogP contribution in [0, 0.1) is 6.08 Å². The third kappa shape index (κ3) is 2.92. The Labute approximate surface area is 175 Å². The summed E-state index contributed by atoms with van der Waals surface area (Å²) in [5, 5.41) is 0. The molecule has 0 aliphatic heterocycles. The van der Waals surface area contributed by atoms with Crippen LogP contribution in [-0.4, -0.2) is 0 Å². The second-order valence-electron chi connectivity index (χ2n) is 5.69. The molecule has 1 radical (unpaired) electrons. The summed E-state index contributed by atoms with van der Waals surface area (Å²) in [6.45, 7) is 4.02. The Bertz CT molecular complexity index is 744. The molecular weight excluding hydrogens is 414 g/mol. The maximum atomic E-state index is 4.02. The zero-order chi connectivity index (χ0) is 14.3. The topological polar surface area (TPSA) is 0 Å². The first-order valence-electron chi connectivity index (χ1n) is 7.46. The van der Waals surface area contributed by atoms with Gasteiger partial charge in [0.05, 0.1) is 0 Å². The molecule has 0 bridgehead atoms. The number of benzene rings is 2. The van der Waals surface area contributed by atoms with E-state index in [4.69, 9.17) is 0 Å². The molecule has 0 fully saturated rings. The molecular formula is C21H17Cl2Zr. The van der Waals surface area contributed by atoms with Crippen LogP contribution in [0.4, 0.5) is 0 Å². The average molecular weight is 431 g/mol. The minimum atomic E-state index is -0.109. The summed E-state index contributed by atoms with van der Waals surface area (Å²) < 4.78 is 0. The summed E-state index contributed by atoms with van der Waals surface area (Å²) in [6.07, 6.45) is 11.9. The molecule has 3 heteroatoms. The molecule has 119 valence electrons. The molecule has 0 heterocycles. The fraction of sp³-hybridized carbons (Fsp3) is 0.143. The van der Waals surface area contributed by atoms with E-state index in [9.17, 15) is 0 Å². The van der Waals surface area contributed by atoms with Gasteiger partial charge in [0.2, 0.25) is 0 Å². The number of halogens is 2. The minimum absolute atomic E-state index is 0. The second kappa shape index (κ2) is 8.48. The average Bonchev–Trinajstić information content (AvgIpc) is 3.15. The van der Waals surface area contributed by atoms with Crippen molar-refractivity contribution in [2.24, 2.45) is 0 Å². The monoisotopic (exact) mass is 429 g/mol. The zero-order valence-electron chi connectivity index (χ0n) is 13.2. The molecule has 0 saturated carbocycles. The summed E-state index contributed by atoms with van der Waals surface area (Å²) in [5.41, 5.74) is 6.66. The van der Waals surface area contributed by atoms with Crippen LogP contribution in [0.2, 0.25) is 0 Å². The van der Waals surface area contributed by atoms with Gasteiger partial charge < -0.3 is 24.8 Å². The van der Waals surface area contributed by atoms with Gasteiger partial charge in [-0.3, -0.25) is 6.08 Å². The van der Waals surface area contributed by atoms with Gasteiger partial charge >= 0.3 is 26.2 Å². The molecule has 24 heavy (non-hydrogen) atoms. The van der Waals surface area contributed by atoms with Crippen molar-refractivity contribution in [3.05, 3.63) is 96.1 Å². The number of hydrogen-bond donors (Lipinski definition) is 0. The van der Waals surface area contributed by atoms with Crippen molar-refractivity contribution in [3.63, 3.8) is 0 Å². The standard InChI is InChI=1S/C21H17.2ClH.Zr/c1-2-15-21(16-9-3-4-10-16)19-13-7-5-11-17(19)18-12-6-8-14-20(18)21;;;/h2-3,5-9,11-14H,1,4,15H2;2*1H;/q-1;;;+3/p-2. The van der Waals surface area contributed by atoms with Crippen molar-refractivity contribution in [1.82, 2.24) is 0 Å². The maximum Gasteiger partial charge on any atom is 3.00 e. The van der Waals surface area contributed by atoms with E-state index in [0.29, 0.717) is 0 Å². The number of fused-ring (bicyclic) bond motifs is 3. The molecule has 0 nitrogen and oxygen atoms in total. The van der Waals surface area contributed by atoms with Gasteiger partial charge in [-0.2, -0.15) is 6.08 Å². The zero-order valence-corrected chi connectivity index (χ0v) is 17.2. The molecule has 0 N–H and O–H groups in total. The van der Waals surface area contributed by atoms with Gasteiger partial charge in [-0.05, 0) is 28.7 Å². The Morgan fingerprint density at radius 2 is 1.50 bits per heavy atom. The summed E-state index contributed by atoms with van der Waals surface area (Å²) in [5.74, 6) is 0. The molecule has 4 rings (SSSR count). The predicted octanol–water partition coefficient (Wildman–Crippen LogP) is -0.776. The van der Waals surface area contributed by atoms with Crippen molar-refractivity contribution in [3.8, 4) is 11.1 Å². The Balaban J connectivity index is 0.000000960. The minimum Gasteiger partial charge on any atom is -1.00 e. The fourth-order valence-corrected chi connectivity index (χ4v) is 3.86. The molecule has 0 amide bonds. The second-order valence-corrected chi connectivity index (χ2v) is 5.69. The Kier molecular flexibility index (Phi) is 7.48. The van der Waals surface area contributed by atoms with Crippen molar-refractivity contribution in [2.75, 3.05) is 0 Å². The van der Waals surface area contributed by atoms with Gasteiger partial charge in [0.15, 0.2) is 0 Å². The first-order chi connectivity index (χ1) is 10.4. The number of rotatable bonds is 3. The molecule has 0 aromatic heterocycles. The quantitative estimate of drug-likeness (QED) is 0.442. The predicted molar refractivity (Wildman–Crippen MR) is 88.0 cm³/mol. The Morgan fingerprint density at radius 1 is 0.958 bits per heavy atom. The van der Waals surface area contributed by atoms with E-state index in [2.05, 4.69) is 73.3 Å². The van der Waals surface area contributed by atoms with Crippen molar-refractivity contribution < 1.29 is 51.0 Å². The summed E-state index contributed by atoms with van der Waals surface area (Å²) in [7, 11) is 0. The normalized spacial score (nSPS) is 15.1. The molecule has 2 aliphatic rings. The maximum absolute atomic E-state index is 4.02. The largest absolute Gasteiger partial charge is 3.00 e. The molecule has 2 aliphatic carbocycles. The number of hydrogen-bond acceptors (Lipinski definition) is 0. The molecule has 2 aromatic rings. The first-order valence-corrected chi connectivity index (χ1v) is 7.46. The van der Waals surface area contributed by atoms with Gasteiger partial charge in [-0.15, -0.1) is 13.0 Å². The molecule has 2 aromatic carbocycles. The van der Waals surface area contributed by atoms with E-state index in [-0.39, 0.29) is 56.4 Å². The Morgan fingerprint density at radius 3 is 1.96 bits per heavy atom. The Hall–Kier alpha value is -0.877. The van der Waals surface area contributed by atoms with Gasteiger partial charge in [-0.1, -0.05) is 54.6 Å². The van der Waals surface area contributed by atoms with Crippen LogP contribution < -0.4 is 24.8 Å². The summed E-state index contributed by atoms with van der Waals surface area (Å²) in [4.78, 5) is 0. The fourth-order valence-electron chi connectivity index (χ4n) is 3.86. The smallest absolute Gasteiger partial charge is 1.00 e. The summed E-state index contributed by atoms with van der Waals surface area (Å²) in [6, 6.07) is 17.5. The van der Waals surface area contributed by atoms with Crippen molar-refractivity contribution >= 4 is 0 Å². The molecule has 0 saturated heterocycles. The van der Waals surface area contributed by atoms with Gasteiger partial charge in [0.25, 0.3) is 0 Å². The third-order valence-corrected chi connectivity index (χ3v) is 4.67. The molecule has 0 atom stereocenters. The van der Waals surface area contributed by atoms with Gasteiger partial charge in [-0.25, -0.2) is 11.6 Å². The summed E-state index contributed by atoms with van der Waals surface area (Å²) >= 11 is 0. The van der Waals surface area contributed by atoms with Crippen molar-refractivity contribution in [2.45, 2.75) is 18.3 Å². The van der Waals surface area contributed by atoms with E-state index in [1.54, 1.807) is 0 Å². The van der Waals surface area contributed by atoms with E-state index in [0.717, 1.165) is 12.8 Å². The van der Waals surface area contributed by atoms with Crippen LogP contribution in [0.25, 0.3) is 11.1 Å². The van der Waals surface area contributed by atoms with Crippen LogP contribution in [0.1, 0.15) is 24.0 Å². The van der Waals surface area contributed by atoms with E-state index < -0.39 is 0 Å². The van der Waals surface area contributed by atoms with Gasteiger partial charge in [0.1, 0.15) is 0 Å². The third-order valence-electron chi connectivity index (χ3n) is 4.67. The van der Waals surface area contributed by atoms with Crippen LogP contribution in [0.15, 0.2) is 78.9 Å². The van der Waals surface area contributed by atoms with Crippen LogP contribution >= 0.6 is 0 Å². The van der Waals surface area contributed by atoms with Crippen LogP contribution in [0.5, 0.6) is 0 Å². The van der Waals surface area contributed by atoms with Crippen LogP contribution in [0.3, 0.4) is 0 Å². The van der Waals surface area contributed by atoms with Crippen molar-refractivity contribution in [1.29, 1.82) is 0 Å². The van der Waals surface area contributed by atoms with E-state index in [1.807, 2.05) is 6.08 Å². The molecule has 0 spiro atoms. The molecule has 0 unspecified atom stereocenters. The SMILES string of the molecule is C=CCC1(C2=[C-]CC=C2)c2ccccc2-c2ccccc21.[Cl-].[Cl-].[Zr+3]. The van der Waals surface area contributed by atoms with E-state index in [1.165, 1.54) is 27.8 Å². The first kappa shape index (κ1) is 21.2. The number of allylic oxidation sites excluding steroid dienone is 5. The van der Waals surface area contributed by atoms with Gasteiger partial charge in [0, 0.05) is 5.41 Å². The van der Waals surface area contributed by atoms with Crippen LogP contribution in [-0.2, 0) is 31.6 Å².